The first-order valence-electron chi connectivity index (χ1n) is 8.62. The smallest absolute Gasteiger partial charge is 0.223 e. The topological polar surface area (TPSA) is 55.1 Å². The van der Waals surface area contributed by atoms with E-state index in [2.05, 4.69) is 19.2 Å². The molecule has 2 unspecified atom stereocenters. The second-order valence-corrected chi connectivity index (χ2v) is 7.28. The van der Waals surface area contributed by atoms with E-state index in [1.807, 2.05) is 0 Å². The number of carbonyl (C=O) groups excluding carboxylic acids is 1. The van der Waals surface area contributed by atoms with Gasteiger partial charge in [0.05, 0.1) is 0 Å². The Kier molecular flexibility index (Phi) is 8.04. The zero-order chi connectivity index (χ0) is 14.5. The molecular formula is C17H33ClN2O. The summed E-state index contributed by atoms with van der Waals surface area (Å²) in [5.41, 5.74) is 5.81. The summed E-state index contributed by atoms with van der Waals surface area (Å²) in [4.78, 5) is 12.6. The number of hydrogen-bond acceptors (Lipinski definition) is 2. The fourth-order valence-electron chi connectivity index (χ4n) is 3.62. The van der Waals surface area contributed by atoms with Gasteiger partial charge in [0.1, 0.15) is 0 Å². The molecule has 1 amide bonds. The number of nitrogens with two attached hydrogens (primary N) is 1. The molecule has 2 rings (SSSR count). The van der Waals surface area contributed by atoms with Crippen molar-refractivity contribution >= 4 is 18.3 Å². The van der Waals surface area contributed by atoms with E-state index < -0.39 is 0 Å². The predicted molar refractivity (Wildman–Crippen MR) is 90.5 cm³/mol. The lowest BCUT2D eigenvalue weighted by Crippen LogP contribution is -2.45. The molecule has 3 nitrogen and oxygen atoms in total. The average Bonchev–Trinajstić information content (AvgIpc) is 3.27. The van der Waals surface area contributed by atoms with Crippen molar-refractivity contribution in [1.82, 2.24) is 5.32 Å². The molecule has 4 heteroatoms. The van der Waals surface area contributed by atoms with E-state index in [1.54, 1.807) is 0 Å². The summed E-state index contributed by atoms with van der Waals surface area (Å²) in [5, 5.41) is 3.24. The van der Waals surface area contributed by atoms with Crippen molar-refractivity contribution in [3.63, 3.8) is 0 Å². The van der Waals surface area contributed by atoms with Crippen LogP contribution in [0.4, 0.5) is 0 Å². The number of rotatable bonds is 7. The average molecular weight is 317 g/mol. The lowest BCUT2D eigenvalue weighted by Gasteiger charge is -2.29. The minimum atomic E-state index is 0. The van der Waals surface area contributed by atoms with Gasteiger partial charge in [0.2, 0.25) is 5.91 Å². The van der Waals surface area contributed by atoms with Gasteiger partial charge in [0.25, 0.3) is 0 Å². The molecule has 2 saturated carbocycles. The second kappa shape index (κ2) is 8.99. The molecule has 0 heterocycles. The maximum atomic E-state index is 12.6. The first-order valence-corrected chi connectivity index (χ1v) is 8.62. The minimum Gasteiger partial charge on any atom is -0.352 e. The van der Waals surface area contributed by atoms with Gasteiger partial charge >= 0.3 is 0 Å². The third-order valence-corrected chi connectivity index (χ3v) is 5.23. The van der Waals surface area contributed by atoms with E-state index >= 15 is 0 Å². The first kappa shape index (κ1) is 18.8. The molecule has 0 radical (unpaired) electrons. The van der Waals surface area contributed by atoms with Gasteiger partial charge < -0.3 is 11.1 Å². The van der Waals surface area contributed by atoms with E-state index in [1.165, 1.54) is 44.9 Å². The summed E-state index contributed by atoms with van der Waals surface area (Å²) in [6, 6.07) is 0.218. The number of amides is 1. The Labute approximate surface area is 136 Å². The predicted octanol–water partition coefficient (Wildman–Crippen LogP) is 3.50. The van der Waals surface area contributed by atoms with Crippen LogP contribution in [-0.2, 0) is 4.79 Å². The molecule has 2 fully saturated rings. The maximum Gasteiger partial charge on any atom is 0.223 e. The highest BCUT2D eigenvalue weighted by Crippen LogP contribution is 2.34. The highest BCUT2D eigenvalue weighted by atomic mass is 35.5. The van der Waals surface area contributed by atoms with Gasteiger partial charge in [-0.3, -0.25) is 4.79 Å². The van der Waals surface area contributed by atoms with E-state index in [0.29, 0.717) is 18.4 Å². The quantitative estimate of drug-likeness (QED) is 0.755. The third-order valence-electron chi connectivity index (χ3n) is 5.23. The molecule has 0 aromatic heterocycles. The Balaban J connectivity index is 0.00000220. The Hall–Kier alpha value is -0.280. The van der Waals surface area contributed by atoms with E-state index in [4.69, 9.17) is 5.73 Å². The Morgan fingerprint density at radius 3 is 2.24 bits per heavy atom. The Morgan fingerprint density at radius 2 is 1.76 bits per heavy atom. The molecule has 2 aliphatic carbocycles. The fraction of sp³-hybridized carbons (Fsp3) is 0.941. The van der Waals surface area contributed by atoms with Crippen LogP contribution in [0.1, 0.15) is 65.2 Å². The van der Waals surface area contributed by atoms with Gasteiger partial charge in [0, 0.05) is 18.5 Å². The second-order valence-electron chi connectivity index (χ2n) is 7.28. The van der Waals surface area contributed by atoms with Crippen molar-refractivity contribution in [1.29, 1.82) is 0 Å². The fourth-order valence-corrected chi connectivity index (χ4v) is 3.62. The number of nitrogens with one attached hydrogen (secondary N) is 1. The molecule has 124 valence electrons. The van der Waals surface area contributed by atoms with Crippen molar-refractivity contribution in [3.8, 4) is 0 Å². The molecule has 0 aromatic carbocycles. The van der Waals surface area contributed by atoms with Gasteiger partial charge in [-0.15, -0.1) is 12.4 Å². The first-order chi connectivity index (χ1) is 9.61. The van der Waals surface area contributed by atoms with Crippen LogP contribution in [0.15, 0.2) is 0 Å². The molecule has 2 aliphatic rings. The Morgan fingerprint density at radius 1 is 1.14 bits per heavy atom. The highest BCUT2D eigenvalue weighted by Gasteiger charge is 2.34. The van der Waals surface area contributed by atoms with Crippen LogP contribution in [-0.4, -0.2) is 18.5 Å². The van der Waals surface area contributed by atoms with Gasteiger partial charge in [-0.2, -0.15) is 0 Å². The summed E-state index contributed by atoms with van der Waals surface area (Å²) < 4.78 is 0. The zero-order valence-electron chi connectivity index (χ0n) is 13.6. The van der Waals surface area contributed by atoms with Crippen LogP contribution >= 0.6 is 12.4 Å². The number of carbonyl (C=O) groups is 1. The monoisotopic (exact) mass is 316 g/mol. The Bertz CT molecular complexity index is 312. The van der Waals surface area contributed by atoms with Gasteiger partial charge in [-0.25, -0.2) is 0 Å². The lowest BCUT2D eigenvalue weighted by atomic mass is 9.79. The van der Waals surface area contributed by atoms with Crippen molar-refractivity contribution in [2.75, 3.05) is 6.54 Å². The number of halogens is 1. The molecule has 0 bridgehead atoms. The van der Waals surface area contributed by atoms with E-state index in [9.17, 15) is 4.79 Å². The summed E-state index contributed by atoms with van der Waals surface area (Å²) in [6.07, 6.45) is 10.3. The molecular weight excluding hydrogens is 284 g/mol. The molecule has 0 spiro atoms. The molecule has 0 aliphatic heterocycles. The summed E-state index contributed by atoms with van der Waals surface area (Å²) in [7, 11) is 0. The standard InChI is InChI=1S/C17H32N2O.ClH/c1-12(2)15(10-13-6-4-3-5-7-13)17(20)19-16(11-18)14-8-9-14;/h12-16H,3-11,18H2,1-2H3,(H,19,20);1H. The maximum absolute atomic E-state index is 12.6. The molecule has 0 saturated heterocycles. The van der Waals surface area contributed by atoms with E-state index in [-0.39, 0.29) is 30.3 Å². The number of hydrogen-bond donors (Lipinski definition) is 2. The summed E-state index contributed by atoms with van der Waals surface area (Å²) in [6.45, 7) is 4.95. The van der Waals surface area contributed by atoms with E-state index in [0.717, 1.165) is 12.3 Å². The highest BCUT2D eigenvalue weighted by molar-refractivity contribution is 5.85. The largest absolute Gasteiger partial charge is 0.352 e. The van der Waals surface area contributed by atoms with Crippen LogP contribution in [0.5, 0.6) is 0 Å². The molecule has 3 N–H and O–H groups in total. The summed E-state index contributed by atoms with van der Waals surface area (Å²) in [5.74, 6) is 2.26. The van der Waals surface area contributed by atoms with Crippen molar-refractivity contribution in [3.05, 3.63) is 0 Å². The molecule has 21 heavy (non-hydrogen) atoms. The molecule has 2 atom stereocenters. The lowest BCUT2D eigenvalue weighted by molar-refractivity contribution is -0.127. The van der Waals surface area contributed by atoms with Crippen LogP contribution in [0.25, 0.3) is 0 Å². The summed E-state index contributed by atoms with van der Waals surface area (Å²) >= 11 is 0. The van der Waals surface area contributed by atoms with Gasteiger partial charge in [0.15, 0.2) is 0 Å². The minimum absolute atomic E-state index is 0. The third kappa shape index (κ3) is 5.78. The van der Waals surface area contributed by atoms with Crippen molar-refractivity contribution in [2.24, 2.45) is 29.4 Å². The SMILES string of the molecule is CC(C)C(CC1CCCCC1)C(=O)NC(CN)C1CC1.Cl. The van der Waals surface area contributed by atoms with Crippen LogP contribution < -0.4 is 11.1 Å². The van der Waals surface area contributed by atoms with Crippen molar-refractivity contribution in [2.45, 2.75) is 71.3 Å². The van der Waals surface area contributed by atoms with Crippen LogP contribution in [0, 0.1) is 23.7 Å². The van der Waals surface area contributed by atoms with Crippen LogP contribution in [0.2, 0.25) is 0 Å². The zero-order valence-corrected chi connectivity index (χ0v) is 14.5. The van der Waals surface area contributed by atoms with Crippen molar-refractivity contribution < 1.29 is 4.79 Å². The van der Waals surface area contributed by atoms with Gasteiger partial charge in [-0.1, -0.05) is 46.0 Å². The van der Waals surface area contributed by atoms with Crippen LogP contribution in [0.3, 0.4) is 0 Å². The normalized spacial score (nSPS) is 22.5. The molecule has 0 aromatic rings. The van der Waals surface area contributed by atoms with Gasteiger partial charge in [-0.05, 0) is 37.0 Å².